The second-order valence-electron chi connectivity index (χ2n) is 3.32. The van der Waals surface area contributed by atoms with E-state index in [4.69, 9.17) is 4.74 Å². The number of ketones is 1. The number of carbonyl (C=O) groups excluding carboxylic acids is 1. The molecule has 0 aliphatic rings. The van der Waals surface area contributed by atoms with Crippen molar-refractivity contribution in [3.05, 3.63) is 27.7 Å². The summed E-state index contributed by atoms with van der Waals surface area (Å²) in [6.45, 7) is 3.11. The Morgan fingerprint density at radius 3 is 2.41 bits per heavy atom. The van der Waals surface area contributed by atoms with Crippen molar-refractivity contribution < 1.29 is 22.7 Å². The van der Waals surface area contributed by atoms with E-state index in [0.717, 1.165) is 12.1 Å². The van der Waals surface area contributed by atoms with Crippen molar-refractivity contribution >= 4 is 21.7 Å². The predicted octanol–water partition coefficient (Wildman–Crippen LogP) is 4.07. The minimum absolute atomic E-state index is 0.0458. The maximum atomic E-state index is 12.6. The lowest BCUT2D eigenvalue weighted by Gasteiger charge is -2.14. The third-order valence-electron chi connectivity index (χ3n) is 2.05. The van der Waals surface area contributed by atoms with Gasteiger partial charge in [-0.1, -0.05) is 15.9 Å². The van der Waals surface area contributed by atoms with Crippen LogP contribution < -0.4 is 4.74 Å². The van der Waals surface area contributed by atoms with Gasteiger partial charge in [-0.05, 0) is 26.0 Å². The first-order valence-electron chi connectivity index (χ1n) is 4.81. The highest BCUT2D eigenvalue weighted by molar-refractivity contribution is 9.10. The van der Waals surface area contributed by atoms with Gasteiger partial charge in [-0.25, -0.2) is 0 Å². The Hall–Kier alpha value is -1.04. The largest absolute Gasteiger partial charge is 0.493 e. The SMILES string of the molecule is CCOc1cc(C(F)(F)F)c(Br)cc1C(C)=O. The lowest BCUT2D eigenvalue weighted by atomic mass is 10.1. The smallest absolute Gasteiger partial charge is 0.417 e. The molecule has 1 rings (SSSR count). The summed E-state index contributed by atoms with van der Waals surface area (Å²) in [5.41, 5.74) is -0.724. The van der Waals surface area contributed by atoms with Gasteiger partial charge >= 0.3 is 6.18 Å². The Kier molecular flexibility index (Phi) is 4.19. The first kappa shape index (κ1) is 14.0. The average Bonchev–Trinajstić information content (AvgIpc) is 2.18. The molecular weight excluding hydrogens is 301 g/mol. The molecule has 17 heavy (non-hydrogen) atoms. The number of ether oxygens (including phenoxy) is 1. The molecule has 0 heterocycles. The Morgan fingerprint density at radius 2 is 2.00 bits per heavy atom. The summed E-state index contributed by atoms with van der Waals surface area (Å²) < 4.78 is 42.8. The van der Waals surface area contributed by atoms with E-state index in [0.29, 0.717) is 0 Å². The van der Waals surface area contributed by atoms with Crippen molar-refractivity contribution in [2.45, 2.75) is 20.0 Å². The fraction of sp³-hybridized carbons (Fsp3) is 0.364. The Balaban J connectivity index is 3.40. The third kappa shape index (κ3) is 3.21. The summed E-state index contributed by atoms with van der Waals surface area (Å²) in [4.78, 5) is 11.3. The van der Waals surface area contributed by atoms with E-state index >= 15 is 0 Å². The van der Waals surface area contributed by atoms with Crippen LogP contribution in [0.15, 0.2) is 16.6 Å². The van der Waals surface area contributed by atoms with Gasteiger partial charge in [0.1, 0.15) is 5.75 Å². The van der Waals surface area contributed by atoms with Gasteiger partial charge in [-0.3, -0.25) is 4.79 Å². The molecule has 0 unspecified atom stereocenters. The van der Waals surface area contributed by atoms with Gasteiger partial charge in [0, 0.05) is 4.47 Å². The summed E-state index contributed by atoms with van der Waals surface area (Å²) in [5, 5.41) is 0. The normalized spacial score (nSPS) is 11.4. The molecule has 0 bridgehead atoms. The molecule has 2 nitrogen and oxygen atoms in total. The zero-order chi connectivity index (χ0) is 13.2. The van der Waals surface area contributed by atoms with Crippen LogP contribution in [-0.4, -0.2) is 12.4 Å². The molecule has 0 aromatic heterocycles. The number of rotatable bonds is 3. The first-order chi connectivity index (χ1) is 7.77. The van der Waals surface area contributed by atoms with Crippen LogP contribution in [0.5, 0.6) is 5.75 Å². The molecule has 0 spiro atoms. The number of benzene rings is 1. The minimum atomic E-state index is -4.49. The molecule has 0 N–H and O–H groups in total. The van der Waals surface area contributed by atoms with Crippen molar-refractivity contribution in [1.29, 1.82) is 0 Å². The number of hydrogen-bond acceptors (Lipinski definition) is 2. The molecule has 94 valence electrons. The number of alkyl halides is 3. The summed E-state index contributed by atoms with van der Waals surface area (Å²) >= 11 is 2.81. The first-order valence-corrected chi connectivity index (χ1v) is 5.61. The fourth-order valence-corrected chi connectivity index (χ4v) is 1.89. The number of carbonyl (C=O) groups is 1. The predicted molar refractivity (Wildman–Crippen MR) is 60.3 cm³/mol. The van der Waals surface area contributed by atoms with E-state index in [2.05, 4.69) is 15.9 Å². The number of halogens is 4. The fourth-order valence-electron chi connectivity index (χ4n) is 1.32. The highest BCUT2D eigenvalue weighted by atomic mass is 79.9. The van der Waals surface area contributed by atoms with Crippen LogP contribution in [-0.2, 0) is 6.18 Å². The molecule has 0 radical (unpaired) electrons. The molecule has 0 amide bonds. The average molecular weight is 311 g/mol. The molecular formula is C11H10BrF3O2. The van der Waals surface area contributed by atoms with Crippen LogP contribution in [0.3, 0.4) is 0 Å². The minimum Gasteiger partial charge on any atom is -0.493 e. The monoisotopic (exact) mass is 310 g/mol. The molecule has 1 aromatic rings. The highest BCUT2D eigenvalue weighted by Crippen LogP contribution is 2.38. The van der Waals surface area contributed by atoms with Crippen molar-refractivity contribution in [3.8, 4) is 5.75 Å². The van der Waals surface area contributed by atoms with Crippen molar-refractivity contribution in [2.24, 2.45) is 0 Å². The molecule has 0 atom stereocenters. The maximum absolute atomic E-state index is 12.6. The highest BCUT2D eigenvalue weighted by Gasteiger charge is 2.34. The maximum Gasteiger partial charge on any atom is 0.417 e. The van der Waals surface area contributed by atoms with Gasteiger partial charge < -0.3 is 4.74 Å². The second-order valence-corrected chi connectivity index (χ2v) is 4.17. The molecule has 0 saturated carbocycles. The summed E-state index contributed by atoms with van der Waals surface area (Å²) in [6.07, 6.45) is -4.49. The van der Waals surface area contributed by atoms with Gasteiger partial charge in [0.15, 0.2) is 5.78 Å². The van der Waals surface area contributed by atoms with Crippen LogP contribution in [0.1, 0.15) is 29.8 Å². The van der Waals surface area contributed by atoms with Crippen LogP contribution in [0.25, 0.3) is 0 Å². The standard InChI is InChI=1S/C11H10BrF3O2/c1-3-17-10-5-8(11(13,14)15)9(12)4-7(10)6(2)16/h4-5H,3H2,1-2H3. The lowest BCUT2D eigenvalue weighted by Crippen LogP contribution is -2.09. The van der Waals surface area contributed by atoms with E-state index in [1.165, 1.54) is 6.92 Å². The molecule has 0 saturated heterocycles. The van der Waals surface area contributed by atoms with Crippen molar-refractivity contribution in [2.75, 3.05) is 6.61 Å². The van der Waals surface area contributed by atoms with Gasteiger partial charge in [0.05, 0.1) is 17.7 Å². The van der Waals surface area contributed by atoms with E-state index in [1.54, 1.807) is 6.92 Å². The van der Waals surface area contributed by atoms with Crippen LogP contribution in [0.4, 0.5) is 13.2 Å². The van der Waals surface area contributed by atoms with Gasteiger partial charge in [0.2, 0.25) is 0 Å². The molecule has 0 fully saturated rings. The van der Waals surface area contributed by atoms with E-state index in [1.807, 2.05) is 0 Å². The van der Waals surface area contributed by atoms with Gasteiger partial charge in [-0.2, -0.15) is 13.2 Å². The Bertz CT molecular complexity index is 441. The summed E-state index contributed by atoms with van der Waals surface area (Å²) in [7, 11) is 0. The molecule has 0 aliphatic heterocycles. The number of Topliss-reactive ketones (excluding diaryl/α,β-unsaturated/α-hetero) is 1. The van der Waals surface area contributed by atoms with E-state index < -0.39 is 11.7 Å². The second kappa shape index (κ2) is 5.08. The topological polar surface area (TPSA) is 26.3 Å². The van der Waals surface area contributed by atoms with Crippen LogP contribution >= 0.6 is 15.9 Å². The third-order valence-corrected chi connectivity index (χ3v) is 2.71. The van der Waals surface area contributed by atoms with Gasteiger partial charge in [0.25, 0.3) is 0 Å². The summed E-state index contributed by atoms with van der Waals surface area (Å²) in [6, 6.07) is 1.97. The zero-order valence-corrected chi connectivity index (χ0v) is 10.8. The van der Waals surface area contributed by atoms with Crippen molar-refractivity contribution in [1.82, 2.24) is 0 Å². The van der Waals surface area contributed by atoms with Crippen molar-refractivity contribution in [3.63, 3.8) is 0 Å². The molecule has 0 aliphatic carbocycles. The summed E-state index contributed by atoms with van der Waals surface area (Å²) in [5.74, 6) is -0.390. The Morgan fingerprint density at radius 1 is 1.41 bits per heavy atom. The molecule has 6 heteroatoms. The van der Waals surface area contributed by atoms with Crippen LogP contribution in [0, 0.1) is 0 Å². The number of hydrogen-bond donors (Lipinski definition) is 0. The molecule has 1 aromatic carbocycles. The van der Waals surface area contributed by atoms with E-state index in [-0.39, 0.29) is 28.2 Å². The quantitative estimate of drug-likeness (QED) is 0.787. The lowest BCUT2D eigenvalue weighted by molar-refractivity contribution is -0.138. The Labute approximate surface area is 105 Å². The van der Waals surface area contributed by atoms with Gasteiger partial charge in [-0.15, -0.1) is 0 Å². The zero-order valence-electron chi connectivity index (χ0n) is 9.19. The van der Waals surface area contributed by atoms with Crippen LogP contribution in [0.2, 0.25) is 0 Å². The van der Waals surface area contributed by atoms with E-state index in [9.17, 15) is 18.0 Å².